The second-order valence-corrected chi connectivity index (χ2v) is 5.28. The summed E-state index contributed by atoms with van der Waals surface area (Å²) in [5.74, 6) is -1.08. The van der Waals surface area contributed by atoms with Crippen LogP contribution >= 0.6 is 27.3 Å². The SMILES string of the molecule is O=C(C(=Nc1ccc(F)c(Br)c1)NO)c1cccs1. The molecule has 0 saturated heterocycles. The Hall–Kier alpha value is -1.57. The Bertz CT molecular complexity index is 629. The number of amidine groups is 1. The van der Waals surface area contributed by atoms with E-state index < -0.39 is 11.6 Å². The highest BCUT2D eigenvalue weighted by atomic mass is 79.9. The summed E-state index contributed by atoms with van der Waals surface area (Å²) in [5, 5.41) is 10.7. The molecular weight excluding hydrogens is 335 g/mol. The topological polar surface area (TPSA) is 61.7 Å². The van der Waals surface area contributed by atoms with Crippen molar-refractivity contribution in [3.05, 3.63) is 50.9 Å². The van der Waals surface area contributed by atoms with Gasteiger partial charge >= 0.3 is 0 Å². The third-order valence-corrected chi connectivity index (χ3v) is 3.69. The summed E-state index contributed by atoms with van der Waals surface area (Å²) in [5.41, 5.74) is 2.11. The van der Waals surface area contributed by atoms with Crippen LogP contribution in [0.15, 0.2) is 45.2 Å². The maximum Gasteiger partial charge on any atom is 0.239 e. The average molecular weight is 343 g/mol. The van der Waals surface area contributed by atoms with E-state index >= 15 is 0 Å². The molecule has 2 aromatic rings. The normalized spacial score (nSPS) is 11.4. The maximum absolute atomic E-state index is 13.1. The molecule has 1 aromatic carbocycles. The molecule has 0 saturated carbocycles. The molecule has 2 rings (SSSR count). The summed E-state index contributed by atoms with van der Waals surface area (Å²) in [7, 11) is 0. The van der Waals surface area contributed by atoms with Gasteiger partial charge in [0.2, 0.25) is 5.78 Å². The summed E-state index contributed by atoms with van der Waals surface area (Å²) >= 11 is 4.26. The van der Waals surface area contributed by atoms with Gasteiger partial charge < -0.3 is 0 Å². The molecule has 4 nitrogen and oxygen atoms in total. The zero-order valence-corrected chi connectivity index (χ0v) is 11.8. The molecule has 0 unspecified atom stereocenters. The van der Waals surface area contributed by atoms with Crippen molar-refractivity contribution in [1.82, 2.24) is 5.48 Å². The molecule has 1 heterocycles. The number of nitrogens with one attached hydrogen (secondary N) is 1. The Morgan fingerprint density at radius 3 is 2.79 bits per heavy atom. The van der Waals surface area contributed by atoms with Crippen LogP contribution in [0.5, 0.6) is 0 Å². The van der Waals surface area contributed by atoms with E-state index in [0.29, 0.717) is 10.6 Å². The monoisotopic (exact) mass is 342 g/mol. The van der Waals surface area contributed by atoms with Crippen LogP contribution in [0, 0.1) is 5.82 Å². The second kappa shape index (κ2) is 6.05. The predicted molar refractivity (Wildman–Crippen MR) is 74.8 cm³/mol. The number of nitrogens with zero attached hydrogens (tertiary/aromatic N) is 1. The van der Waals surface area contributed by atoms with Gasteiger partial charge in [-0.1, -0.05) is 6.07 Å². The van der Waals surface area contributed by atoms with Crippen molar-refractivity contribution in [3.8, 4) is 0 Å². The van der Waals surface area contributed by atoms with Gasteiger partial charge in [-0.2, -0.15) is 0 Å². The van der Waals surface area contributed by atoms with Gasteiger partial charge in [-0.05, 0) is 45.6 Å². The third kappa shape index (κ3) is 3.25. The molecule has 2 N–H and O–H groups in total. The van der Waals surface area contributed by atoms with E-state index in [-0.39, 0.29) is 10.3 Å². The number of hydrogen-bond donors (Lipinski definition) is 2. The maximum atomic E-state index is 13.1. The van der Waals surface area contributed by atoms with Crippen LogP contribution in [-0.2, 0) is 0 Å². The number of thiophene rings is 1. The molecule has 98 valence electrons. The Morgan fingerprint density at radius 2 is 2.21 bits per heavy atom. The Balaban J connectivity index is 2.33. The van der Waals surface area contributed by atoms with Gasteiger partial charge in [0, 0.05) is 0 Å². The van der Waals surface area contributed by atoms with Crippen LogP contribution in [0.4, 0.5) is 10.1 Å². The van der Waals surface area contributed by atoms with Crippen LogP contribution in [0.1, 0.15) is 9.67 Å². The van der Waals surface area contributed by atoms with Gasteiger partial charge in [-0.25, -0.2) is 14.9 Å². The lowest BCUT2D eigenvalue weighted by Crippen LogP contribution is -2.27. The average Bonchev–Trinajstić information content (AvgIpc) is 2.93. The summed E-state index contributed by atoms with van der Waals surface area (Å²) in [6.07, 6.45) is 0. The first-order valence-electron chi connectivity index (χ1n) is 5.14. The molecule has 0 aliphatic rings. The van der Waals surface area contributed by atoms with Crippen molar-refractivity contribution in [3.63, 3.8) is 0 Å². The van der Waals surface area contributed by atoms with Crippen molar-refractivity contribution in [2.45, 2.75) is 0 Å². The summed E-state index contributed by atoms with van der Waals surface area (Å²) in [6.45, 7) is 0. The van der Waals surface area contributed by atoms with E-state index in [9.17, 15) is 9.18 Å². The number of hydroxylamine groups is 1. The second-order valence-electron chi connectivity index (χ2n) is 3.48. The van der Waals surface area contributed by atoms with E-state index in [4.69, 9.17) is 5.21 Å². The molecule has 19 heavy (non-hydrogen) atoms. The molecule has 0 spiro atoms. The first kappa shape index (κ1) is 13.9. The number of hydrogen-bond acceptors (Lipinski definition) is 4. The summed E-state index contributed by atoms with van der Waals surface area (Å²) in [6, 6.07) is 7.38. The highest BCUT2D eigenvalue weighted by molar-refractivity contribution is 9.10. The summed E-state index contributed by atoms with van der Waals surface area (Å²) < 4.78 is 13.3. The predicted octanol–water partition coefficient (Wildman–Crippen LogP) is 3.54. The number of halogens is 2. The fourth-order valence-electron chi connectivity index (χ4n) is 1.33. The van der Waals surface area contributed by atoms with Crippen LogP contribution in [0.2, 0.25) is 0 Å². The lowest BCUT2D eigenvalue weighted by atomic mass is 10.3. The zero-order chi connectivity index (χ0) is 13.8. The molecule has 0 atom stereocenters. The number of carbonyl (C=O) groups is 1. The quantitative estimate of drug-likeness (QED) is 0.388. The van der Waals surface area contributed by atoms with Gasteiger partial charge in [-0.15, -0.1) is 11.3 Å². The van der Waals surface area contributed by atoms with Crippen molar-refractivity contribution >= 4 is 44.6 Å². The molecular formula is C12H8BrFN2O2S. The van der Waals surface area contributed by atoms with Crippen LogP contribution in [0.3, 0.4) is 0 Å². The molecule has 0 bridgehead atoms. The van der Waals surface area contributed by atoms with E-state index in [0.717, 1.165) is 0 Å². The zero-order valence-electron chi connectivity index (χ0n) is 9.43. The molecule has 7 heteroatoms. The van der Waals surface area contributed by atoms with Crippen LogP contribution in [0.25, 0.3) is 0 Å². The molecule has 1 aromatic heterocycles. The number of rotatable bonds is 3. The van der Waals surface area contributed by atoms with Gasteiger partial charge in [0.25, 0.3) is 0 Å². The van der Waals surface area contributed by atoms with Crippen LogP contribution in [-0.4, -0.2) is 16.8 Å². The number of aliphatic imine (C=N–C) groups is 1. The highest BCUT2D eigenvalue weighted by Crippen LogP contribution is 2.22. The van der Waals surface area contributed by atoms with Gasteiger partial charge in [0.15, 0.2) is 5.84 Å². The Labute approximate surface area is 120 Å². The van der Waals surface area contributed by atoms with E-state index in [2.05, 4.69) is 20.9 Å². The largest absolute Gasteiger partial charge is 0.290 e. The standard InChI is InChI=1S/C12H8BrFN2O2S/c13-8-6-7(3-4-9(8)14)15-12(16-18)11(17)10-2-1-5-19-10/h1-6,18H,(H,15,16). The number of carbonyl (C=O) groups excluding carboxylic acids is 1. The molecule has 0 fully saturated rings. The minimum Gasteiger partial charge on any atom is -0.290 e. The number of Topliss-reactive ketones (excluding diaryl/α,β-unsaturated/α-hetero) is 1. The van der Waals surface area contributed by atoms with Gasteiger partial charge in [0.1, 0.15) is 5.82 Å². The smallest absolute Gasteiger partial charge is 0.239 e. The summed E-state index contributed by atoms with van der Waals surface area (Å²) in [4.78, 5) is 16.4. The van der Waals surface area contributed by atoms with Crippen molar-refractivity contribution in [1.29, 1.82) is 0 Å². The fourth-order valence-corrected chi connectivity index (χ4v) is 2.37. The molecule has 0 aliphatic carbocycles. The first-order valence-corrected chi connectivity index (χ1v) is 6.81. The van der Waals surface area contributed by atoms with Crippen molar-refractivity contribution in [2.75, 3.05) is 0 Å². The minimum atomic E-state index is -0.432. The lowest BCUT2D eigenvalue weighted by Gasteiger charge is -2.03. The number of benzene rings is 1. The lowest BCUT2D eigenvalue weighted by molar-refractivity contribution is 0.104. The van der Waals surface area contributed by atoms with Crippen molar-refractivity contribution < 1.29 is 14.4 Å². The van der Waals surface area contributed by atoms with E-state index in [1.165, 1.54) is 29.5 Å². The molecule has 0 aliphatic heterocycles. The fraction of sp³-hybridized carbons (Fsp3) is 0. The minimum absolute atomic E-state index is 0.221. The first-order chi connectivity index (χ1) is 9.11. The van der Waals surface area contributed by atoms with E-state index in [1.54, 1.807) is 23.0 Å². The van der Waals surface area contributed by atoms with E-state index in [1.807, 2.05) is 0 Å². The Morgan fingerprint density at radius 1 is 1.42 bits per heavy atom. The van der Waals surface area contributed by atoms with Crippen LogP contribution < -0.4 is 5.48 Å². The molecule has 0 radical (unpaired) electrons. The van der Waals surface area contributed by atoms with Gasteiger partial charge in [0.05, 0.1) is 15.0 Å². The Kier molecular flexibility index (Phi) is 4.41. The third-order valence-electron chi connectivity index (χ3n) is 2.21. The molecule has 0 amide bonds. The highest BCUT2D eigenvalue weighted by Gasteiger charge is 2.14. The van der Waals surface area contributed by atoms with Crippen molar-refractivity contribution in [2.24, 2.45) is 4.99 Å². The van der Waals surface area contributed by atoms with Gasteiger partial charge in [-0.3, -0.25) is 10.0 Å². The number of ketones is 1.